The van der Waals surface area contributed by atoms with Gasteiger partial charge in [0, 0.05) is 41.9 Å². The quantitative estimate of drug-likeness (QED) is 0.0766. The van der Waals surface area contributed by atoms with E-state index in [4.69, 9.17) is 14.2 Å². The van der Waals surface area contributed by atoms with E-state index >= 15 is 0 Å². The second kappa shape index (κ2) is 19.9. The highest BCUT2D eigenvalue weighted by atomic mass is 33.1. The molecule has 0 amide bonds. The van der Waals surface area contributed by atoms with Crippen LogP contribution in [0.2, 0.25) is 0 Å². The minimum atomic E-state index is -0.533. The first-order valence-corrected chi connectivity index (χ1v) is 20.7. The third kappa shape index (κ3) is 15.1. The fourth-order valence-electron chi connectivity index (χ4n) is 5.16. The number of esters is 2. The van der Waals surface area contributed by atoms with Crippen LogP contribution in [0, 0.1) is 0 Å². The molecule has 5 nitrogen and oxygen atoms in total. The van der Waals surface area contributed by atoms with E-state index in [1.165, 1.54) is 36.3 Å². The Labute approximate surface area is 277 Å². The Hall–Kier alpha value is -0.480. The van der Waals surface area contributed by atoms with Crippen molar-refractivity contribution in [2.24, 2.45) is 0 Å². The van der Waals surface area contributed by atoms with E-state index in [1.807, 2.05) is 54.1 Å². The SMILES string of the molecule is CCC(C)(CCOC(C)(C)CCOC(=O)CCCCC1CCSS1)OC(=O)CCCCC1CCSC(c2ccccc2)S1. The van der Waals surface area contributed by atoms with Crippen LogP contribution in [0.5, 0.6) is 0 Å². The standard InChI is InChI=1S/C34H54O5S4/c1-5-34(4,22-24-38-33(2,3)21-23-37-30(35)17-11-10-16-29-20-26-41-43-29)39-31(36)18-12-9-15-28-19-25-40-32(42-28)27-13-7-6-8-14-27/h6-8,13-14,28-29,32H,5,9-12,15-26H2,1-4H3. The van der Waals surface area contributed by atoms with Crippen LogP contribution in [0.4, 0.5) is 0 Å². The highest BCUT2D eigenvalue weighted by molar-refractivity contribution is 8.77. The van der Waals surface area contributed by atoms with Gasteiger partial charge in [0.1, 0.15) is 5.60 Å². The van der Waals surface area contributed by atoms with Crippen molar-refractivity contribution in [3.05, 3.63) is 35.9 Å². The molecule has 2 heterocycles. The van der Waals surface area contributed by atoms with E-state index < -0.39 is 11.2 Å². The Bertz CT molecular complexity index is 940. The zero-order chi connectivity index (χ0) is 31.0. The molecule has 244 valence electrons. The molecule has 0 bridgehead atoms. The van der Waals surface area contributed by atoms with Gasteiger partial charge >= 0.3 is 11.9 Å². The molecule has 43 heavy (non-hydrogen) atoms. The third-order valence-corrected chi connectivity index (χ3v) is 14.5. The van der Waals surface area contributed by atoms with Crippen LogP contribution in [0.1, 0.15) is 121 Å². The number of carbonyl (C=O) groups is 2. The van der Waals surface area contributed by atoms with E-state index in [-0.39, 0.29) is 11.9 Å². The monoisotopic (exact) mass is 670 g/mol. The molecule has 2 saturated heterocycles. The van der Waals surface area contributed by atoms with Crippen LogP contribution < -0.4 is 0 Å². The van der Waals surface area contributed by atoms with Gasteiger partial charge in [0.2, 0.25) is 0 Å². The van der Waals surface area contributed by atoms with Crippen molar-refractivity contribution in [1.82, 2.24) is 0 Å². The van der Waals surface area contributed by atoms with Crippen molar-refractivity contribution in [3.63, 3.8) is 0 Å². The van der Waals surface area contributed by atoms with Crippen LogP contribution in [0.15, 0.2) is 30.3 Å². The molecule has 0 saturated carbocycles. The summed E-state index contributed by atoms with van der Waals surface area (Å²) in [5.41, 5.74) is 0.467. The molecule has 2 aliphatic heterocycles. The number of unbranched alkanes of at least 4 members (excludes halogenated alkanes) is 2. The minimum absolute atomic E-state index is 0.106. The fourth-order valence-corrected chi connectivity index (χ4v) is 11.6. The highest BCUT2D eigenvalue weighted by Crippen LogP contribution is 2.48. The highest BCUT2D eigenvalue weighted by Gasteiger charge is 2.29. The van der Waals surface area contributed by atoms with Gasteiger partial charge in [-0.25, -0.2) is 0 Å². The van der Waals surface area contributed by atoms with Gasteiger partial charge in [-0.05, 0) is 77.0 Å². The number of rotatable bonds is 20. The summed E-state index contributed by atoms with van der Waals surface area (Å²) >= 11 is 4.14. The van der Waals surface area contributed by atoms with Gasteiger partial charge in [-0.1, -0.05) is 71.7 Å². The van der Waals surface area contributed by atoms with Gasteiger partial charge in [-0.15, -0.1) is 23.5 Å². The lowest BCUT2D eigenvalue weighted by molar-refractivity contribution is -0.161. The molecule has 2 fully saturated rings. The lowest BCUT2D eigenvalue weighted by Gasteiger charge is -2.31. The van der Waals surface area contributed by atoms with E-state index in [2.05, 4.69) is 49.0 Å². The molecule has 4 unspecified atom stereocenters. The fraction of sp³-hybridized carbons (Fsp3) is 0.765. The molecule has 1 aromatic carbocycles. The lowest BCUT2D eigenvalue weighted by atomic mass is 9.98. The first-order chi connectivity index (χ1) is 20.7. The Morgan fingerprint density at radius 2 is 1.56 bits per heavy atom. The summed E-state index contributed by atoms with van der Waals surface area (Å²) in [5.74, 6) is 2.25. The normalized spacial score (nSPS) is 22.2. The average molecular weight is 671 g/mol. The van der Waals surface area contributed by atoms with Gasteiger partial charge in [-0.3, -0.25) is 9.59 Å². The molecule has 4 atom stereocenters. The molecule has 0 aromatic heterocycles. The maximum Gasteiger partial charge on any atom is 0.306 e. The molecule has 0 radical (unpaired) electrons. The summed E-state index contributed by atoms with van der Waals surface area (Å²) < 4.78 is 18.1. The summed E-state index contributed by atoms with van der Waals surface area (Å²) in [7, 11) is 3.97. The summed E-state index contributed by atoms with van der Waals surface area (Å²) in [5, 5.41) is 1.43. The van der Waals surface area contributed by atoms with Gasteiger partial charge in [0.15, 0.2) is 0 Å². The smallest absolute Gasteiger partial charge is 0.306 e. The molecule has 0 N–H and O–H groups in total. The van der Waals surface area contributed by atoms with Gasteiger partial charge < -0.3 is 14.2 Å². The Balaban J connectivity index is 1.23. The van der Waals surface area contributed by atoms with E-state index in [1.54, 1.807) is 0 Å². The van der Waals surface area contributed by atoms with Gasteiger partial charge in [-0.2, -0.15) is 0 Å². The number of hydrogen-bond acceptors (Lipinski definition) is 9. The second-order valence-corrected chi connectivity index (χ2v) is 18.3. The van der Waals surface area contributed by atoms with Crippen molar-refractivity contribution in [2.45, 2.75) is 137 Å². The lowest BCUT2D eigenvalue weighted by Crippen LogP contribution is -2.35. The van der Waals surface area contributed by atoms with Crippen molar-refractivity contribution in [2.75, 3.05) is 24.7 Å². The molecule has 2 aliphatic rings. The van der Waals surface area contributed by atoms with Crippen LogP contribution in [-0.2, 0) is 23.8 Å². The van der Waals surface area contributed by atoms with Crippen molar-refractivity contribution >= 4 is 57.1 Å². The van der Waals surface area contributed by atoms with Gasteiger partial charge in [0.05, 0.1) is 23.4 Å². The summed E-state index contributed by atoms with van der Waals surface area (Å²) in [6.07, 6.45) is 11.8. The van der Waals surface area contributed by atoms with E-state index in [9.17, 15) is 9.59 Å². The molecule has 3 rings (SSSR count). The molecular weight excluding hydrogens is 617 g/mol. The summed E-state index contributed by atoms with van der Waals surface area (Å²) in [6.45, 7) is 8.98. The molecule has 1 aromatic rings. The first kappa shape index (κ1) is 37.0. The van der Waals surface area contributed by atoms with Crippen LogP contribution in [0.3, 0.4) is 0 Å². The van der Waals surface area contributed by atoms with E-state index in [0.29, 0.717) is 48.7 Å². The Kier molecular flexibility index (Phi) is 17.1. The molecule has 0 spiro atoms. The average Bonchev–Trinajstić information content (AvgIpc) is 3.52. The number of hydrogen-bond donors (Lipinski definition) is 0. The Morgan fingerprint density at radius 1 is 0.860 bits per heavy atom. The van der Waals surface area contributed by atoms with E-state index in [0.717, 1.165) is 43.8 Å². The predicted octanol–water partition coefficient (Wildman–Crippen LogP) is 10.0. The number of carbonyl (C=O) groups excluding carboxylic acids is 2. The zero-order valence-corrected chi connectivity index (χ0v) is 30.1. The Morgan fingerprint density at radius 3 is 2.26 bits per heavy atom. The van der Waals surface area contributed by atoms with Crippen LogP contribution >= 0.6 is 45.1 Å². The topological polar surface area (TPSA) is 61.8 Å². The largest absolute Gasteiger partial charge is 0.466 e. The maximum absolute atomic E-state index is 12.7. The molecule has 9 heteroatoms. The summed E-state index contributed by atoms with van der Waals surface area (Å²) in [6, 6.07) is 10.8. The maximum atomic E-state index is 12.7. The minimum Gasteiger partial charge on any atom is -0.466 e. The first-order valence-electron chi connectivity index (χ1n) is 16.3. The zero-order valence-electron chi connectivity index (χ0n) is 26.8. The van der Waals surface area contributed by atoms with Crippen molar-refractivity contribution in [3.8, 4) is 0 Å². The summed E-state index contributed by atoms with van der Waals surface area (Å²) in [4.78, 5) is 24.8. The molecular formula is C34H54O5S4. The molecule has 0 aliphatic carbocycles. The number of thioether (sulfide) groups is 2. The second-order valence-electron chi connectivity index (χ2n) is 12.6. The van der Waals surface area contributed by atoms with Crippen LogP contribution in [0.25, 0.3) is 0 Å². The van der Waals surface area contributed by atoms with Crippen molar-refractivity contribution < 1.29 is 23.8 Å². The third-order valence-electron chi connectivity index (χ3n) is 8.34. The van der Waals surface area contributed by atoms with Crippen molar-refractivity contribution in [1.29, 1.82) is 0 Å². The number of ether oxygens (including phenoxy) is 3. The van der Waals surface area contributed by atoms with Crippen LogP contribution in [-0.4, -0.2) is 58.4 Å². The van der Waals surface area contributed by atoms with Gasteiger partial charge in [0.25, 0.3) is 0 Å². The predicted molar refractivity (Wildman–Crippen MR) is 188 cm³/mol. The number of benzene rings is 1.